The van der Waals surface area contributed by atoms with Crippen molar-refractivity contribution in [3.8, 4) is 0 Å². The first-order chi connectivity index (χ1) is 8.51. The third kappa shape index (κ3) is 12.7. The summed E-state index contributed by atoms with van der Waals surface area (Å²) < 4.78 is 22.2. The molecular weight excluding hydrogens is 298 g/mol. The van der Waals surface area contributed by atoms with Crippen molar-refractivity contribution >= 4 is 21.4 Å². The monoisotopic (exact) mass is 318 g/mol. The fourth-order valence-electron chi connectivity index (χ4n) is 1.82. The Morgan fingerprint density at radius 2 is 1.32 bits per heavy atom. The number of carbonyl (C=O) groups is 1. The van der Waals surface area contributed by atoms with E-state index < -0.39 is 15.6 Å². The zero-order valence-corrected chi connectivity index (χ0v) is 12.4. The molecule has 1 aliphatic rings. The normalized spacial score (nSPS) is 18.2. The first kappa shape index (κ1) is 18.9. The Labute approximate surface area is 111 Å². The molecule has 0 spiro atoms. The van der Waals surface area contributed by atoms with Gasteiger partial charge in [-0.3, -0.25) is 4.79 Å². The molecule has 0 aromatic heterocycles. The van der Waals surface area contributed by atoms with Gasteiger partial charge in [0, 0.05) is 5.92 Å². The van der Waals surface area contributed by atoms with Gasteiger partial charge in [0.2, 0.25) is 0 Å². The van der Waals surface area contributed by atoms with Crippen LogP contribution in [0.4, 0.5) is 0 Å². The molecule has 0 radical (unpaired) electrons. The molecule has 1 aliphatic carbocycles. The Hall–Kier alpha value is -0.0700. The average molecular weight is 318 g/mol. The first-order valence-electron chi connectivity index (χ1n) is 5.84. The highest BCUT2D eigenvalue weighted by Crippen LogP contribution is 2.53. The smallest absolute Gasteiger partial charge is 0.302 e. The van der Waals surface area contributed by atoms with Crippen molar-refractivity contribution in [1.29, 1.82) is 0 Å². The molecule has 0 saturated heterocycles. The summed E-state index contributed by atoms with van der Waals surface area (Å²) in [6.07, 6.45) is 7.51. The molecule has 0 aliphatic heterocycles. The van der Waals surface area contributed by atoms with Crippen LogP contribution in [0.25, 0.3) is 0 Å². The maximum absolute atomic E-state index is 11.0. The van der Waals surface area contributed by atoms with Crippen LogP contribution in [0.2, 0.25) is 0 Å². The lowest BCUT2D eigenvalue weighted by Crippen LogP contribution is -2.08. The van der Waals surface area contributed by atoms with Crippen LogP contribution in [0.1, 0.15) is 45.4 Å². The van der Waals surface area contributed by atoms with Crippen LogP contribution in [-0.2, 0) is 18.2 Å². The number of carbonyl (C=O) groups excluding carboxylic acids is 1. The van der Waals surface area contributed by atoms with Crippen molar-refractivity contribution in [3.05, 3.63) is 0 Å². The minimum Gasteiger partial charge on any atom is -0.302 e. The molecule has 0 unspecified atom stereocenters. The fraction of sp³-hybridized carbons (Fsp3) is 0.889. The van der Waals surface area contributed by atoms with Crippen LogP contribution in [0.15, 0.2) is 0 Å². The number of hydrogen-bond acceptors (Lipinski definition) is 4. The van der Waals surface area contributed by atoms with E-state index in [4.69, 9.17) is 19.6 Å². The predicted octanol–water partition coefficient (Wildman–Crippen LogP) is 1.73. The summed E-state index contributed by atoms with van der Waals surface area (Å²) in [5.74, 6) is 0.810. The Bertz CT molecular complexity index is 342. The van der Waals surface area contributed by atoms with E-state index in [1.807, 2.05) is 0 Å². The highest BCUT2D eigenvalue weighted by Gasteiger charge is 2.27. The molecule has 4 N–H and O–H groups in total. The van der Waals surface area contributed by atoms with Gasteiger partial charge in [0.25, 0.3) is 0 Å². The first-order valence-corrected chi connectivity index (χ1v) is 8.90. The molecule has 0 bridgehead atoms. The zero-order chi connectivity index (χ0) is 15.1. The van der Waals surface area contributed by atoms with Crippen LogP contribution in [0.5, 0.6) is 0 Å². The van der Waals surface area contributed by atoms with Gasteiger partial charge in [-0.2, -0.15) is 4.31 Å². The molecule has 0 atom stereocenters. The minimum absolute atomic E-state index is 0.405. The number of ketones is 1. The molecule has 1 saturated carbocycles. The third-order valence-electron chi connectivity index (χ3n) is 2.64. The van der Waals surface area contributed by atoms with E-state index >= 15 is 0 Å². The summed E-state index contributed by atoms with van der Waals surface area (Å²) >= 11 is 0. The lowest BCUT2D eigenvalue weighted by molar-refractivity contribution is -0.121. The maximum Gasteiger partial charge on any atom is 0.478 e. The van der Waals surface area contributed by atoms with Gasteiger partial charge in [-0.15, -0.1) is 0 Å². The third-order valence-corrected chi connectivity index (χ3v) is 4.34. The maximum atomic E-state index is 11.0. The van der Waals surface area contributed by atoms with Crippen LogP contribution in [-0.4, -0.2) is 25.4 Å². The van der Waals surface area contributed by atoms with Gasteiger partial charge in [0.15, 0.2) is 0 Å². The van der Waals surface area contributed by atoms with Crippen molar-refractivity contribution in [2.24, 2.45) is 5.92 Å². The van der Waals surface area contributed by atoms with Gasteiger partial charge in [0.1, 0.15) is 5.78 Å². The largest absolute Gasteiger partial charge is 0.478 e. The topological polar surface area (TPSA) is 141 Å². The Kier molecular flexibility index (Phi) is 8.24. The van der Waals surface area contributed by atoms with Crippen molar-refractivity contribution in [2.45, 2.75) is 45.4 Å². The van der Waals surface area contributed by atoms with E-state index in [0.717, 1.165) is 12.8 Å². The summed E-state index contributed by atoms with van der Waals surface area (Å²) in [7, 11) is -10.1. The summed E-state index contributed by atoms with van der Waals surface area (Å²) in [6, 6.07) is 0. The fourth-order valence-corrected chi connectivity index (χ4v) is 2.93. The van der Waals surface area contributed by atoms with Crippen LogP contribution >= 0.6 is 15.6 Å². The van der Waals surface area contributed by atoms with Gasteiger partial charge in [-0.05, 0) is 19.8 Å². The van der Waals surface area contributed by atoms with Crippen LogP contribution < -0.4 is 0 Å². The predicted molar refractivity (Wildman–Crippen MR) is 67.0 cm³/mol. The summed E-state index contributed by atoms with van der Waals surface area (Å²) in [6.45, 7) is 1.73. The molecule has 0 amide bonds. The average Bonchev–Trinajstić information content (AvgIpc) is 2.39. The van der Waals surface area contributed by atoms with E-state index in [-0.39, 0.29) is 0 Å². The highest BCUT2D eigenvalue weighted by molar-refractivity contribution is 7.60. The molecule has 114 valence electrons. The van der Waals surface area contributed by atoms with Crippen molar-refractivity contribution in [3.63, 3.8) is 0 Å². The SMILES string of the molecule is CC(=O)C1CCCCCC1.O=P(O)(O)OP(=O)(O)O. The van der Waals surface area contributed by atoms with Crippen molar-refractivity contribution < 1.29 is 37.8 Å². The quantitative estimate of drug-likeness (QED) is 0.455. The molecule has 1 rings (SSSR count). The second-order valence-electron chi connectivity index (χ2n) is 4.36. The Morgan fingerprint density at radius 3 is 1.53 bits per heavy atom. The number of Topliss-reactive ketones (excluding diaryl/α,β-unsaturated/α-hetero) is 1. The standard InChI is InChI=1S/C9H16O.H4O7P2/c1-8(10)9-6-4-2-3-5-7-9;1-8(2,3)7-9(4,5)6/h9H,2-7H2,1H3;(H2,1,2,3)(H2,4,5,6). The number of hydrogen-bond donors (Lipinski definition) is 4. The summed E-state index contributed by atoms with van der Waals surface area (Å²) in [4.78, 5) is 42.0. The Morgan fingerprint density at radius 1 is 0.947 bits per heavy atom. The number of rotatable bonds is 3. The number of phosphoric acid groups is 2. The van der Waals surface area contributed by atoms with Gasteiger partial charge >= 0.3 is 15.6 Å². The van der Waals surface area contributed by atoms with E-state index in [1.54, 1.807) is 6.92 Å². The molecule has 1 fully saturated rings. The zero-order valence-electron chi connectivity index (χ0n) is 10.6. The summed E-state index contributed by atoms with van der Waals surface area (Å²) in [5.41, 5.74) is 0. The van der Waals surface area contributed by atoms with Gasteiger partial charge in [-0.25, -0.2) is 9.13 Å². The molecule has 19 heavy (non-hydrogen) atoms. The van der Waals surface area contributed by atoms with Crippen molar-refractivity contribution in [2.75, 3.05) is 0 Å². The van der Waals surface area contributed by atoms with Gasteiger partial charge < -0.3 is 19.6 Å². The molecule has 10 heteroatoms. The minimum atomic E-state index is -5.05. The lowest BCUT2D eigenvalue weighted by Gasteiger charge is -2.07. The van der Waals surface area contributed by atoms with E-state index in [0.29, 0.717) is 11.7 Å². The lowest BCUT2D eigenvalue weighted by atomic mass is 9.97. The van der Waals surface area contributed by atoms with E-state index in [9.17, 15) is 13.9 Å². The van der Waals surface area contributed by atoms with Crippen LogP contribution in [0.3, 0.4) is 0 Å². The molecule has 0 heterocycles. The second kappa shape index (κ2) is 8.27. The molecule has 8 nitrogen and oxygen atoms in total. The van der Waals surface area contributed by atoms with Gasteiger partial charge in [-0.1, -0.05) is 25.7 Å². The van der Waals surface area contributed by atoms with E-state index in [2.05, 4.69) is 4.31 Å². The Balaban J connectivity index is 0.000000344. The molecule has 0 aromatic rings. The summed E-state index contributed by atoms with van der Waals surface area (Å²) in [5, 5.41) is 0. The molecular formula is C9H20O8P2. The van der Waals surface area contributed by atoms with Crippen LogP contribution in [0, 0.1) is 5.92 Å². The van der Waals surface area contributed by atoms with Gasteiger partial charge in [0.05, 0.1) is 0 Å². The second-order valence-corrected chi connectivity index (χ2v) is 6.98. The van der Waals surface area contributed by atoms with E-state index in [1.165, 1.54) is 25.7 Å². The van der Waals surface area contributed by atoms with Crippen molar-refractivity contribution in [1.82, 2.24) is 0 Å². The highest BCUT2D eigenvalue weighted by atomic mass is 31.3. The molecule has 0 aromatic carbocycles.